The third-order valence-corrected chi connectivity index (χ3v) is 4.11. The number of aromatic nitrogens is 3. The number of imidazole rings is 1. The maximum absolute atomic E-state index is 12.4. The van der Waals surface area contributed by atoms with Crippen LogP contribution in [0, 0.1) is 0 Å². The van der Waals surface area contributed by atoms with E-state index in [0.29, 0.717) is 18.8 Å². The molecule has 1 aliphatic heterocycles. The van der Waals surface area contributed by atoms with Gasteiger partial charge in [-0.1, -0.05) is 0 Å². The van der Waals surface area contributed by atoms with Crippen LogP contribution < -0.4 is 4.90 Å². The number of aryl methyl sites for hydroxylation is 1. The van der Waals surface area contributed by atoms with Crippen molar-refractivity contribution in [1.29, 1.82) is 0 Å². The molecule has 0 aliphatic carbocycles. The van der Waals surface area contributed by atoms with Crippen molar-refractivity contribution in [2.24, 2.45) is 7.05 Å². The highest BCUT2D eigenvalue weighted by Gasteiger charge is 2.24. The van der Waals surface area contributed by atoms with Crippen molar-refractivity contribution < 1.29 is 4.79 Å². The average molecular weight is 350 g/mol. The summed E-state index contributed by atoms with van der Waals surface area (Å²) in [6.07, 6.45) is 5.06. The SMILES string of the molecule is Cn1cncc1C(=O)N1CCN(c2ccc(Br)cn2)CC1. The Morgan fingerprint density at radius 3 is 2.52 bits per heavy atom. The molecule has 1 amide bonds. The van der Waals surface area contributed by atoms with Gasteiger partial charge in [0.15, 0.2) is 0 Å². The highest BCUT2D eigenvalue weighted by Crippen LogP contribution is 2.17. The lowest BCUT2D eigenvalue weighted by Gasteiger charge is -2.35. The molecule has 0 saturated carbocycles. The largest absolute Gasteiger partial charge is 0.353 e. The van der Waals surface area contributed by atoms with Crippen molar-refractivity contribution in [1.82, 2.24) is 19.4 Å². The van der Waals surface area contributed by atoms with Crippen LogP contribution in [0.25, 0.3) is 0 Å². The van der Waals surface area contributed by atoms with E-state index < -0.39 is 0 Å². The third kappa shape index (κ3) is 2.92. The number of pyridine rings is 1. The molecule has 3 heterocycles. The Bertz CT molecular complexity index is 631. The van der Waals surface area contributed by atoms with Gasteiger partial charge in [-0.2, -0.15) is 0 Å². The fraction of sp³-hybridized carbons (Fsp3) is 0.357. The van der Waals surface area contributed by atoms with E-state index >= 15 is 0 Å². The van der Waals surface area contributed by atoms with Gasteiger partial charge in [0.1, 0.15) is 11.5 Å². The van der Waals surface area contributed by atoms with Crippen LogP contribution in [0.2, 0.25) is 0 Å². The maximum Gasteiger partial charge on any atom is 0.272 e. The summed E-state index contributed by atoms with van der Waals surface area (Å²) in [4.78, 5) is 24.9. The minimum Gasteiger partial charge on any atom is -0.353 e. The zero-order valence-corrected chi connectivity index (χ0v) is 13.3. The zero-order chi connectivity index (χ0) is 14.8. The summed E-state index contributed by atoms with van der Waals surface area (Å²) in [7, 11) is 1.84. The lowest BCUT2D eigenvalue weighted by Crippen LogP contribution is -2.49. The highest BCUT2D eigenvalue weighted by molar-refractivity contribution is 9.10. The summed E-state index contributed by atoms with van der Waals surface area (Å²) in [5, 5.41) is 0. The van der Waals surface area contributed by atoms with E-state index in [2.05, 4.69) is 30.8 Å². The van der Waals surface area contributed by atoms with Crippen LogP contribution in [0.1, 0.15) is 10.5 Å². The maximum atomic E-state index is 12.4. The average Bonchev–Trinajstić information content (AvgIpc) is 2.94. The second-order valence-corrected chi connectivity index (χ2v) is 5.92. The summed E-state index contributed by atoms with van der Waals surface area (Å²) < 4.78 is 2.72. The van der Waals surface area contributed by atoms with Crippen LogP contribution in [-0.4, -0.2) is 51.5 Å². The molecule has 0 atom stereocenters. The lowest BCUT2D eigenvalue weighted by molar-refractivity contribution is 0.0737. The first-order chi connectivity index (χ1) is 10.1. The molecule has 0 unspecified atom stereocenters. The fourth-order valence-electron chi connectivity index (χ4n) is 2.42. The minimum atomic E-state index is 0.0402. The molecule has 7 heteroatoms. The normalized spacial score (nSPS) is 15.3. The molecule has 2 aromatic heterocycles. The van der Waals surface area contributed by atoms with Gasteiger partial charge in [0.25, 0.3) is 5.91 Å². The van der Waals surface area contributed by atoms with Crippen LogP contribution in [0.15, 0.2) is 35.3 Å². The predicted octanol–water partition coefficient (Wildman–Crippen LogP) is 1.54. The van der Waals surface area contributed by atoms with Gasteiger partial charge in [0, 0.05) is 43.9 Å². The smallest absolute Gasteiger partial charge is 0.272 e. The van der Waals surface area contributed by atoms with Crippen molar-refractivity contribution in [3.8, 4) is 0 Å². The van der Waals surface area contributed by atoms with Crippen molar-refractivity contribution in [2.45, 2.75) is 0 Å². The number of carbonyl (C=O) groups excluding carboxylic acids is 1. The van der Waals surface area contributed by atoms with Crippen molar-refractivity contribution >= 4 is 27.7 Å². The van der Waals surface area contributed by atoms with Gasteiger partial charge < -0.3 is 14.4 Å². The summed E-state index contributed by atoms with van der Waals surface area (Å²) in [5.74, 6) is 0.990. The summed E-state index contributed by atoms with van der Waals surface area (Å²) in [5.41, 5.74) is 0.630. The molecule has 1 aliphatic rings. The molecular formula is C14H16BrN5O. The number of halogens is 1. The fourth-order valence-corrected chi connectivity index (χ4v) is 2.65. The first kappa shape index (κ1) is 14.1. The third-order valence-electron chi connectivity index (χ3n) is 3.64. The van der Waals surface area contributed by atoms with E-state index in [4.69, 9.17) is 0 Å². The Labute approximate surface area is 131 Å². The standard InChI is InChI=1S/C14H16BrN5O/c1-18-10-16-9-12(18)14(21)20-6-4-19(5-7-20)13-3-2-11(15)8-17-13/h2-3,8-10H,4-7H2,1H3. The van der Waals surface area contributed by atoms with Crippen LogP contribution >= 0.6 is 15.9 Å². The molecule has 0 spiro atoms. The van der Waals surface area contributed by atoms with Crippen LogP contribution in [0.4, 0.5) is 5.82 Å². The summed E-state index contributed by atoms with van der Waals surface area (Å²) in [6.45, 7) is 2.97. The Kier molecular flexibility index (Phi) is 3.92. The van der Waals surface area contributed by atoms with Crippen LogP contribution in [-0.2, 0) is 7.05 Å². The molecule has 1 saturated heterocycles. The number of nitrogens with zero attached hydrogens (tertiary/aromatic N) is 5. The molecule has 0 radical (unpaired) electrons. The molecule has 21 heavy (non-hydrogen) atoms. The Morgan fingerprint density at radius 1 is 1.19 bits per heavy atom. The Morgan fingerprint density at radius 2 is 1.95 bits per heavy atom. The van der Waals surface area contributed by atoms with Gasteiger partial charge >= 0.3 is 0 Å². The number of hydrogen-bond donors (Lipinski definition) is 0. The highest BCUT2D eigenvalue weighted by atomic mass is 79.9. The number of hydrogen-bond acceptors (Lipinski definition) is 4. The van der Waals surface area contributed by atoms with E-state index in [1.807, 2.05) is 24.1 Å². The topological polar surface area (TPSA) is 54.3 Å². The van der Waals surface area contributed by atoms with Crippen LogP contribution in [0.5, 0.6) is 0 Å². The van der Waals surface area contributed by atoms with E-state index in [0.717, 1.165) is 23.4 Å². The monoisotopic (exact) mass is 349 g/mol. The van der Waals surface area contributed by atoms with E-state index in [1.165, 1.54) is 0 Å². The number of piperazine rings is 1. The Balaban J connectivity index is 1.64. The van der Waals surface area contributed by atoms with Crippen molar-refractivity contribution in [3.63, 3.8) is 0 Å². The van der Waals surface area contributed by atoms with Crippen LogP contribution in [0.3, 0.4) is 0 Å². The molecular weight excluding hydrogens is 334 g/mol. The molecule has 0 N–H and O–H groups in total. The number of anilines is 1. The number of carbonyl (C=O) groups is 1. The van der Waals surface area contributed by atoms with E-state index in [-0.39, 0.29) is 5.91 Å². The Hall–Kier alpha value is -1.89. The lowest BCUT2D eigenvalue weighted by atomic mass is 10.2. The number of amides is 1. The zero-order valence-electron chi connectivity index (χ0n) is 11.7. The number of rotatable bonds is 2. The molecule has 0 bridgehead atoms. The van der Waals surface area contributed by atoms with Gasteiger partial charge in [-0.3, -0.25) is 4.79 Å². The van der Waals surface area contributed by atoms with Crippen molar-refractivity contribution in [2.75, 3.05) is 31.1 Å². The van der Waals surface area contributed by atoms with Gasteiger partial charge in [-0.25, -0.2) is 9.97 Å². The summed E-state index contributed by atoms with van der Waals surface area (Å²) >= 11 is 3.38. The molecule has 2 aromatic rings. The second-order valence-electron chi connectivity index (χ2n) is 5.00. The van der Waals surface area contributed by atoms with Crippen molar-refractivity contribution in [3.05, 3.63) is 41.0 Å². The molecule has 3 rings (SSSR count). The first-order valence-corrected chi connectivity index (χ1v) is 7.56. The van der Waals surface area contributed by atoms with Gasteiger partial charge in [0.2, 0.25) is 0 Å². The van der Waals surface area contributed by atoms with Gasteiger partial charge in [-0.15, -0.1) is 0 Å². The quantitative estimate of drug-likeness (QED) is 0.825. The van der Waals surface area contributed by atoms with Gasteiger partial charge in [0.05, 0.1) is 12.5 Å². The molecule has 6 nitrogen and oxygen atoms in total. The molecule has 0 aromatic carbocycles. The van der Waals surface area contributed by atoms with E-state index in [1.54, 1.807) is 23.3 Å². The van der Waals surface area contributed by atoms with E-state index in [9.17, 15) is 4.79 Å². The first-order valence-electron chi connectivity index (χ1n) is 6.77. The summed E-state index contributed by atoms with van der Waals surface area (Å²) in [6, 6.07) is 3.97. The minimum absolute atomic E-state index is 0.0402. The molecule has 1 fully saturated rings. The predicted molar refractivity (Wildman–Crippen MR) is 83.3 cm³/mol. The second kappa shape index (κ2) is 5.85. The van der Waals surface area contributed by atoms with Gasteiger partial charge in [-0.05, 0) is 28.1 Å². The molecule has 110 valence electrons.